The van der Waals surface area contributed by atoms with Crippen LogP contribution in [-0.4, -0.2) is 23.3 Å². The Labute approximate surface area is 171 Å². The summed E-state index contributed by atoms with van der Waals surface area (Å²) in [5.41, 5.74) is 3.94. The molecule has 0 saturated heterocycles. The molecular formula is C20H18ClFN4O3. The minimum Gasteiger partial charge on any atom is -0.493 e. The molecule has 0 saturated carbocycles. The second-order valence-corrected chi connectivity index (χ2v) is 6.41. The van der Waals surface area contributed by atoms with E-state index in [4.69, 9.17) is 21.1 Å². The molecule has 7 nitrogen and oxygen atoms in total. The summed E-state index contributed by atoms with van der Waals surface area (Å²) in [6, 6.07) is 11.0. The molecule has 0 unspecified atom stereocenters. The molecule has 0 spiro atoms. The number of aromatic amines is 1. The summed E-state index contributed by atoms with van der Waals surface area (Å²) < 4.78 is 24.9. The number of halogens is 2. The topological polar surface area (TPSA) is 88.6 Å². The van der Waals surface area contributed by atoms with E-state index in [9.17, 15) is 9.18 Å². The van der Waals surface area contributed by atoms with Crippen molar-refractivity contribution in [1.29, 1.82) is 0 Å². The van der Waals surface area contributed by atoms with E-state index < -0.39 is 5.82 Å². The lowest BCUT2D eigenvalue weighted by Gasteiger charge is -2.12. The summed E-state index contributed by atoms with van der Waals surface area (Å²) in [6.07, 6.45) is 1.53. The van der Waals surface area contributed by atoms with Gasteiger partial charge in [-0.1, -0.05) is 17.7 Å². The number of hydrazone groups is 1. The zero-order valence-electron chi connectivity index (χ0n) is 15.7. The van der Waals surface area contributed by atoms with Crippen LogP contribution in [0.25, 0.3) is 0 Å². The molecule has 2 aromatic carbocycles. The van der Waals surface area contributed by atoms with Crippen molar-refractivity contribution in [3.63, 3.8) is 0 Å². The van der Waals surface area contributed by atoms with Crippen molar-refractivity contribution < 1.29 is 13.9 Å². The van der Waals surface area contributed by atoms with Crippen molar-refractivity contribution in [2.24, 2.45) is 5.10 Å². The second-order valence-electron chi connectivity index (χ2n) is 6.00. The Hall–Kier alpha value is -3.39. The monoisotopic (exact) mass is 416 g/mol. The Morgan fingerprint density at radius 1 is 1.28 bits per heavy atom. The SMILES string of the molecule is COc1cc(/C=N/Nc2nc(C)cc(=O)[nH]2)ccc1OCc1c(F)cccc1Cl. The number of H-pyrrole nitrogens is 1. The van der Waals surface area contributed by atoms with Gasteiger partial charge in [0.25, 0.3) is 5.56 Å². The van der Waals surface area contributed by atoms with Crippen molar-refractivity contribution in [3.05, 3.63) is 80.5 Å². The van der Waals surface area contributed by atoms with E-state index >= 15 is 0 Å². The molecule has 0 bridgehead atoms. The van der Waals surface area contributed by atoms with E-state index in [0.29, 0.717) is 27.8 Å². The zero-order chi connectivity index (χ0) is 20.8. The Morgan fingerprint density at radius 3 is 2.83 bits per heavy atom. The fourth-order valence-corrected chi connectivity index (χ4v) is 2.72. The van der Waals surface area contributed by atoms with Gasteiger partial charge in [-0.25, -0.2) is 14.8 Å². The van der Waals surface area contributed by atoms with Gasteiger partial charge < -0.3 is 9.47 Å². The molecule has 0 aliphatic heterocycles. The maximum absolute atomic E-state index is 13.9. The van der Waals surface area contributed by atoms with Crippen LogP contribution in [0.3, 0.4) is 0 Å². The quantitative estimate of drug-likeness (QED) is 0.450. The number of hydrogen-bond donors (Lipinski definition) is 2. The normalized spacial score (nSPS) is 10.9. The third kappa shape index (κ3) is 5.32. The van der Waals surface area contributed by atoms with Crippen molar-refractivity contribution in [1.82, 2.24) is 9.97 Å². The Morgan fingerprint density at radius 2 is 2.10 bits per heavy atom. The molecule has 3 rings (SSSR count). The highest BCUT2D eigenvalue weighted by molar-refractivity contribution is 6.31. The highest BCUT2D eigenvalue weighted by Crippen LogP contribution is 2.29. The van der Waals surface area contributed by atoms with Gasteiger partial charge >= 0.3 is 0 Å². The second kappa shape index (κ2) is 9.20. The van der Waals surface area contributed by atoms with Crippen LogP contribution in [0, 0.1) is 12.7 Å². The Bertz CT molecular complexity index is 1080. The van der Waals surface area contributed by atoms with Gasteiger partial charge in [0.05, 0.1) is 18.3 Å². The van der Waals surface area contributed by atoms with Gasteiger partial charge in [-0.2, -0.15) is 5.10 Å². The van der Waals surface area contributed by atoms with E-state index in [1.54, 1.807) is 31.2 Å². The summed E-state index contributed by atoms with van der Waals surface area (Å²) in [4.78, 5) is 18.1. The first-order valence-electron chi connectivity index (χ1n) is 8.57. The average molecular weight is 417 g/mol. The van der Waals surface area contributed by atoms with Gasteiger partial charge in [-0.3, -0.25) is 9.78 Å². The number of nitrogens with zero attached hydrogens (tertiary/aromatic N) is 2. The van der Waals surface area contributed by atoms with Crippen LogP contribution in [0.4, 0.5) is 10.3 Å². The highest BCUT2D eigenvalue weighted by Gasteiger charge is 2.10. The number of hydrogen-bond acceptors (Lipinski definition) is 6. The van der Waals surface area contributed by atoms with Crippen LogP contribution in [-0.2, 0) is 6.61 Å². The van der Waals surface area contributed by atoms with E-state index in [-0.39, 0.29) is 23.7 Å². The average Bonchev–Trinajstić information content (AvgIpc) is 2.67. The molecule has 0 aliphatic rings. The first kappa shape index (κ1) is 20.3. The van der Waals surface area contributed by atoms with Crippen LogP contribution in [0.1, 0.15) is 16.8 Å². The molecule has 2 N–H and O–H groups in total. The summed E-state index contributed by atoms with van der Waals surface area (Å²) in [5, 5.41) is 4.34. The van der Waals surface area contributed by atoms with Gasteiger partial charge in [0, 0.05) is 17.3 Å². The molecule has 9 heteroatoms. The number of nitrogens with one attached hydrogen (secondary N) is 2. The maximum Gasteiger partial charge on any atom is 0.252 e. The Kier molecular flexibility index (Phi) is 6.46. The fourth-order valence-electron chi connectivity index (χ4n) is 2.50. The summed E-state index contributed by atoms with van der Waals surface area (Å²) in [7, 11) is 1.50. The minimum absolute atomic E-state index is 0.0384. The number of ether oxygens (including phenoxy) is 2. The third-order valence-electron chi connectivity index (χ3n) is 3.88. The van der Waals surface area contributed by atoms with Crippen LogP contribution in [0.2, 0.25) is 5.02 Å². The van der Waals surface area contributed by atoms with E-state index in [1.165, 1.54) is 31.5 Å². The van der Waals surface area contributed by atoms with Crippen LogP contribution in [0.15, 0.2) is 52.4 Å². The van der Waals surface area contributed by atoms with Gasteiger partial charge in [0.15, 0.2) is 11.5 Å². The number of anilines is 1. The third-order valence-corrected chi connectivity index (χ3v) is 4.23. The highest BCUT2D eigenvalue weighted by atomic mass is 35.5. The molecule has 0 radical (unpaired) electrons. The van der Waals surface area contributed by atoms with Crippen molar-refractivity contribution in [2.45, 2.75) is 13.5 Å². The molecule has 0 aliphatic carbocycles. The first-order chi connectivity index (χ1) is 14.0. The van der Waals surface area contributed by atoms with Crippen molar-refractivity contribution in [3.8, 4) is 11.5 Å². The summed E-state index contributed by atoms with van der Waals surface area (Å²) in [5.74, 6) is 0.680. The minimum atomic E-state index is -0.436. The predicted octanol–water partition coefficient (Wildman–Crippen LogP) is 3.90. The standard InChI is InChI=1S/C20H18ClFN4O3/c1-12-8-19(27)25-20(24-12)26-23-10-13-6-7-17(18(9-13)28-2)29-11-14-15(21)4-3-5-16(14)22/h3-10H,11H2,1-2H3,(H2,24,25,26,27)/b23-10+. The number of benzene rings is 2. The Balaban J connectivity index is 1.70. The molecule has 1 heterocycles. The van der Waals surface area contributed by atoms with Gasteiger partial charge in [0.2, 0.25) is 5.95 Å². The van der Waals surface area contributed by atoms with Crippen LogP contribution < -0.4 is 20.5 Å². The number of rotatable bonds is 7. The smallest absolute Gasteiger partial charge is 0.252 e. The lowest BCUT2D eigenvalue weighted by molar-refractivity contribution is 0.280. The maximum atomic E-state index is 13.9. The molecule has 3 aromatic rings. The summed E-state index contributed by atoms with van der Waals surface area (Å²) in [6.45, 7) is 1.67. The molecule has 0 fully saturated rings. The van der Waals surface area contributed by atoms with Gasteiger partial charge in [0.1, 0.15) is 12.4 Å². The largest absolute Gasteiger partial charge is 0.493 e. The van der Waals surface area contributed by atoms with Crippen molar-refractivity contribution in [2.75, 3.05) is 12.5 Å². The number of aromatic nitrogens is 2. The molecular weight excluding hydrogens is 399 g/mol. The molecule has 1 aromatic heterocycles. The van der Waals surface area contributed by atoms with Crippen molar-refractivity contribution >= 4 is 23.8 Å². The molecule has 150 valence electrons. The van der Waals surface area contributed by atoms with Gasteiger partial charge in [-0.05, 0) is 42.8 Å². The van der Waals surface area contributed by atoms with Gasteiger partial charge in [-0.15, -0.1) is 0 Å². The molecule has 29 heavy (non-hydrogen) atoms. The zero-order valence-corrected chi connectivity index (χ0v) is 16.5. The van der Waals surface area contributed by atoms with E-state index in [0.717, 1.165) is 0 Å². The lowest BCUT2D eigenvalue weighted by Crippen LogP contribution is -2.10. The van der Waals surface area contributed by atoms with Crippen LogP contribution >= 0.6 is 11.6 Å². The van der Waals surface area contributed by atoms with E-state index in [2.05, 4.69) is 20.5 Å². The lowest BCUT2D eigenvalue weighted by atomic mass is 10.2. The summed E-state index contributed by atoms with van der Waals surface area (Å²) >= 11 is 6.02. The van der Waals surface area contributed by atoms with Crippen LogP contribution in [0.5, 0.6) is 11.5 Å². The van der Waals surface area contributed by atoms with E-state index in [1.807, 2.05) is 0 Å². The molecule has 0 atom stereocenters. The number of aryl methyl sites for hydroxylation is 1. The predicted molar refractivity (Wildman–Crippen MR) is 110 cm³/mol. The molecule has 0 amide bonds. The fraction of sp³-hybridized carbons (Fsp3) is 0.150. The first-order valence-corrected chi connectivity index (χ1v) is 8.95. The number of methoxy groups -OCH3 is 1.